The summed E-state index contributed by atoms with van der Waals surface area (Å²) in [5, 5.41) is 4.89. The van der Waals surface area contributed by atoms with Crippen LogP contribution in [0.25, 0.3) is 11.3 Å². The van der Waals surface area contributed by atoms with E-state index in [0.29, 0.717) is 11.3 Å². The van der Waals surface area contributed by atoms with Crippen molar-refractivity contribution >= 4 is 17.9 Å². The van der Waals surface area contributed by atoms with Gasteiger partial charge in [-0.1, -0.05) is 12.8 Å². The van der Waals surface area contributed by atoms with Gasteiger partial charge in [0.1, 0.15) is 11.6 Å². The van der Waals surface area contributed by atoms with Crippen molar-refractivity contribution in [1.29, 1.82) is 0 Å². The van der Waals surface area contributed by atoms with Crippen LogP contribution in [-0.2, 0) is 9.53 Å². The van der Waals surface area contributed by atoms with Crippen molar-refractivity contribution in [3.63, 3.8) is 0 Å². The summed E-state index contributed by atoms with van der Waals surface area (Å²) < 4.78 is 23.5. The van der Waals surface area contributed by atoms with Gasteiger partial charge in [0.05, 0.1) is 0 Å². The maximum Gasteiger partial charge on any atom is 0.375 e. The fourth-order valence-corrected chi connectivity index (χ4v) is 2.99. The molecule has 0 aliphatic heterocycles. The highest BCUT2D eigenvalue weighted by Gasteiger charge is 2.24. The molecular weight excluding hydrogens is 367 g/mol. The molecule has 1 aliphatic rings. The lowest BCUT2D eigenvalue weighted by Crippen LogP contribution is -2.47. The molecule has 1 heterocycles. The van der Waals surface area contributed by atoms with E-state index in [2.05, 4.69) is 10.6 Å². The molecule has 2 aromatic rings. The van der Waals surface area contributed by atoms with Gasteiger partial charge in [-0.2, -0.15) is 0 Å². The van der Waals surface area contributed by atoms with Crippen LogP contribution < -0.4 is 10.6 Å². The predicted molar refractivity (Wildman–Crippen MR) is 97.9 cm³/mol. The molecule has 28 heavy (non-hydrogen) atoms. The number of amides is 3. The predicted octanol–water partition coefficient (Wildman–Crippen LogP) is 3.40. The molecule has 0 radical (unpaired) electrons. The van der Waals surface area contributed by atoms with Crippen LogP contribution in [0.2, 0.25) is 0 Å². The van der Waals surface area contributed by atoms with E-state index < -0.39 is 24.0 Å². The van der Waals surface area contributed by atoms with Gasteiger partial charge in [0.25, 0.3) is 5.91 Å². The number of carbonyl (C=O) groups is 3. The van der Waals surface area contributed by atoms with E-state index in [9.17, 15) is 18.8 Å². The third-order valence-corrected chi connectivity index (χ3v) is 4.52. The van der Waals surface area contributed by atoms with Crippen molar-refractivity contribution < 1.29 is 27.9 Å². The largest absolute Gasteiger partial charge is 0.449 e. The first-order valence-electron chi connectivity index (χ1n) is 9.10. The van der Waals surface area contributed by atoms with Gasteiger partial charge >= 0.3 is 12.0 Å². The summed E-state index contributed by atoms with van der Waals surface area (Å²) in [4.78, 5) is 36.0. The molecule has 0 unspecified atom stereocenters. The molecule has 1 atom stereocenters. The standard InChI is InChI=1S/C20H21FN2O5/c1-12(18(24)23-20(26)22-15-4-2-3-5-15)27-19(25)17-11-10-16(28-17)13-6-8-14(21)9-7-13/h6-12,15H,2-5H2,1H3,(H2,22,23,24,26)/t12-/m1/s1. The van der Waals surface area contributed by atoms with Crippen molar-refractivity contribution in [3.8, 4) is 11.3 Å². The first kappa shape index (κ1) is 19.6. The Kier molecular flexibility index (Phi) is 6.08. The van der Waals surface area contributed by atoms with Crippen LogP contribution in [0.5, 0.6) is 0 Å². The topological polar surface area (TPSA) is 97.6 Å². The Morgan fingerprint density at radius 3 is 2.46 bits per heavy atom. The number of rotatable bonds is 5. The van der Waals surface area contributed by atoms with E-state index in [1.807, 2.05) is 0 Å². The van der Waals surface area contributed by atoms with Crippen molar-refractivity contribution in [1.82, 2.24) is 10.6 Å². The van der Waals surface area contributed by atoms with Gasteiger partial charge < -0.3 is 14.5 Å². The van der Waals surface area contributed by atoms with Crippen LogP contribution in [-0.4, -0.2) is 30.1 Å². The van der Waals surface area contributed by atoms with Gasteiger partial charge in [0.2, 0.25) is 5.76 Å². The Hall–Kier alpha value is -3.16. The Morgan fingerprint density at radius 2 is 1.79 bits per heavy atom. The summed E-state index contributed by atoms with van der Waals surface area (Å²) in [5.41, 5.74) is 0.592. The van der Waals surface area contributed by atoms with Crippen molar-refractivity contribution in [2.24, 2.45) is 0 Å². The molecule has 0 spiro atoms. The van der Waals surface area contributed by atoms with E-state index in [4.69, 9.17) is 9.15 Å². The summed E-state index contributed by atoms with van der Waals surface area (Å²) in [6, 6.07) is 8.00. The van der Waals surface area contributed by atoms with Gasteiger partial charge in [-0.05, 0) is 56.2 Å². The van der Waals surface area contributed by atoms with Gasteiger partial charge in [-0.25, -0.2) is 14.0 Å². The number of hydrogen-bond acceptors (Lipinski definition) is 5. The van der Waals surface area contributed by atoms with Gasteiger partial charge in [0, 0.05) is 11.6 Å². The number of furan rings is 1. The summed E-state index contributed by atoms with van der Waals surface area (Å²) in [5.74, 6) is -1.69. The zero-order valence-corrected chi connectivity index (χ0v) is 15.4. The van der Waals surface area contributed by atoms with E-state index in [1.54, 1.807) is 6.07 Å². The van der Waals surface area contributed by atoms with Crippen molar-refractivity contribution in [3.05, 3.63) is 48.0 Å². The second-order valence-electron chi connectivity index (χ2n) is 6.66. The van der Waals surface area contributed by atoms with Crippen LogP contribution in [0.3, 0.4) is 0 Å². The monoisotopic (exact) mass is 388 g/mol. The molecule has 1 aliphatic carbocycles. The maximum atomic E-state index is 13.0. The minimum atomic E-state index is -1.18. The molecule has 1 fully saturated rings. The second kappa shape index (κ2) is 8.69. The lowest BCUT2D eigenvalue weighted by atomic mass is 10.2. The molecular formula is C20H21FN2O5. The smallest absolute Gasteiger partial charge is 0.375 e. The van der Waals surface area contributed by atoms with E-state index in [1.165, 1.54) is 37.3 Å². The number of ether oxygens (including phenoxy) is 1. The first-order chi connectivity index (χ1) is 13.4. The van der Waals surface area contributed by atoms with E-state index in [-0.39, 0.29) is 17.6 Å². The molecule has 2 N–H and O–H groups in total. The normalized spacial score (nSPS) is 15.1. The highest BCUT2D eigenvalue weighted by Crippen LogP contribution is 2.23. The Balaban J connectivity index is 1.52. The summed E-state index contributed by atoms with van der Waals surface area (Å²) >= 11 is 0. The van der Waals surface area contributed by atoms with E-state index >= 15 is 0 Å². The minimum Gasteiger partial charge on any atom is -0.449 e. The fraction of sp³-hybridized carbons (Fsp3) is 0.350. The molecule has 1 aromatic carbocycles. The molecule has 3 rings (SSSR count). The SMILES string of the molecule is C[C@@H](OC(=O)c1ccc(-c2ccc(F)cc2)o1)C(=O)NC(=O)NC1CCCC1. The van der Waals surface area contributed by atoms with Crippen LogP contribution >= 0.6 is 0 Å². The molecule has 148 valence electrons. The highest BCUT2D eigenvalue weighted by molar-refractivity contribution is 5.98. The average Bonchev–Trinajstić information content (AvgIpc) is 3.34. The Bertz CT molecular complexity index is 856. The van der Waals surface area contributed by atoms with Gasteiger partial charge in [0.15, 0.2) is 6.10 Å². The Labute approximate surface area is 161 Å². The lowest BCUT2D eigenvalue weighted by molar-refractivity contribution is -0.128. The number of urea groups is 1. The fourth-order valence-electron chi connectivity index (χ4n) is 2.99. The van der Waals surface area contributed by atoms with Crippen LogP contribution in [0.4, 0.5) is 9.18 Å². The lowest BCUT2D eigenvalue weighted by Gasteiger charge is -2.15. The van der Waals surface area contributed by atoms with Crippen LogP contribution in [0.15, 0.2) is 40.8 Å². The third kappa shape index (κ3) is 4.97. The number of benzene rings is 1. The molecule has 1 saturated carbocycles. The van der Waals surface area contributed by atoms with Gasteiger partial charge in [-0.3, -0.25) is 10.1 Å². The number of nitrogens with one attached hydrogen (secondary N) is 2. The van der Waals surface area contributed by atoms with Crippen LogP contribution in [0, 0.1) is 5.82 Å². The molecule has 0 bridgehead atoms. The summed E-state index contributed by atoms with van der Waals surface area (Å²) in [6.45, 7) is 1.36. The quantitative estimate of drug-likeness (QED) is 0.765. The zero-order valence-electron chi connectivity index (χ0n) is 15.4. The molecule has 0 saturated heterocycles. The number of imide groups is 1. The molecule has 8 heteroatoms. The minimum absolute atomic E-state index is 0.0682. The third-order valence-electron chi connectivity index (χ3n) is 4.52. The van der Waals surface area contributed by atoms with Crippen LogP contribution in [0.1, 0.15) is 43.2 Å². The van der Waals surface area contributed by atoms with E-state index in [0.717, 1.165) is 25.7 Å². The summed E-state index contributed by atoms with van der Waals surface area (Å²) in [7, 11) is 0. The molecule has 7 nitrogen and oxygen atoms in total. The highest BCUT2D eigenvalue weighted by atomic mass is 19.1. The number of esters is 1. The number of hydrogen-bond donors (Lipinski definition) is 2. The molecule has 3 amide bonds. The number of carbonyl (C=O) groups excluding carboxylic acids is 3. The first-order valence-corrected chi connectivity index (χ1v) is 9.10. The second-order valence-corrected chi connectivity index (χ2v) is 6.66. The van der Waals surface area contributed by atoms with Gasteiger partial charge in [-0.15, -0.1) is 0 Å². The summed E-state index contributed by atoms with van der Waals surface area (Å²) in [6.07, 6.45) is 2.70. The average molecular weight is 388 g/mol. The number of halogens is 1. The Morgan fingerprint density at radius 1 is 1.11 bits per heavy atom. The zero-order chi connectivity index (χ0) is 20.1. The van der Waals surface area contributed by atoms with Crippen molar-refractivity contribution in [2.75, 3.05) is 0 Å². The van der Waals surface area contributed by atoms with Crippen molar-refractivity contribution in [2.45, 2.75) is 44.8 Å². The molecule has 1 aromatic heterocycles. The maximum absolute atomic E-state index is 13.0.